The summed E-state index contributed by atoms with van der Waals surface area (Å²) in [6, 6.07) is 7.73. The molecule has 4 nitrogen and oxygen atoms in total. The van der Waals surface area contributed by atoms with Crippen molar-refractivity contribution in [3.05, 3.63) is 46.7 Å². The molecule has 0 fully saturated rings. The third-order valence-electron chi connectivity index (χ3n) is 2.12. The zero-order valence-electron chi connectivity index (χ0n) is 8.51. The predicted octanol–water partition coefficient (Wildman–Crippen LogP) is 1.85. The van der Waals surface area contributed by atoms with Crippen molar-refractivity contribution in [2.24, 2.45) is 0 Å². The monoisotopic (exact) mass is 279 g/mol. The first-order valence-electron chi connectivity index (χ1n) is 4.84. The summed E-state index contributed by atoms with van der Waals surface area (Å²) < 4.78 is 2.54. The Morgan fingerprint density at radius 1 is 1.31 bits per heavy atom. The van der Waals surface area contributed by atoms with E-state index in [9.17, 15) is 4.79 Å². The number of aromatic nitrogens is 3. The normalized spacial score (nSPS) is 10.3. The highest BCUT2D eigenvalue weighted by atomic mass is 79.9. The van der Waals surface area contributed by atoms with E-state index in [0.29, 0.717) is 6.42 Å². The molecule has 0 bridgehead atoms. The smallest absolute Gasteiger partial charge is 0.158 e. The Hall–Kier alpha value is -1.49. The van der Waals surface area contributed by atoms with Gasteiger partial charge in [0.2, 0.25) is 0 Å². The van der Waals surface area contributed by atoms with E-state index in [4.69, 9.17) is 0 Å². The van der Waals surface area contributed by atoms with Gasteiger partial charge in [-0.25, -0.2) is 4.68 Å². The number of hydrogen-bond donors (Lipinski definition) is 0. The summed E-state index contributed by atoms with van der Waals surface area (Å²) in [5.41, 5.74) is 1.01. The fourth-order valence-corrected chi connectivity index (χ4v) is 1.65. The molecule has 0 radical (unpaired) electrons. The first kappa shape index (κ1) is 11.0. The Balaban J connectivity index is 1.95. The topological polar surface area (TPSA) is 47.8 Å². The van der Waals surface area contributed by atoms with Crippen molar-refractivity contribution in [1.82, 2.24) is 15.0 Å². The quantitative estimate of drug-likeness (QED) is 0.858. The van der Waals surface area contributed by atoms with Crippen molar-refractivity contribution in [1.29, 1.82) is 0 Å². The molecule has 5 heteroatoms. The maximum absolute atomic E-state index is 11.7. The SMILES string of the molecule is O=C(Cc1ccc(Br)cc1)Cn1ccnn1. The van der Waals surface area contributed by atoms with Crippen LogP contribution >= 0.6 is 15.9 Å². The van der Waals surface area contributed by atoms with Gasteiger partial charge in [-0.05, 0) is 17.7 Å². The van der Waals surface area contributed by atoms with E-state index in [0.717, 1.165) is 10.0 Å². The lowest BCUT2D eigenvalue weighted by molar-refractivity contribution is -0.119. The fraction of sp³-hybridized carbons (Fsp3) is 0.182. The molecule has 1 aromatic carbocycles. The minimum absolute atomic E-state index is 0.118. The molecule has 0 N–H and O–H groups in total. The molecule has 0 saturated carbocycles. The Bertz CT molecular complexity index is 464. The average Bonchev–Trinajstić information content (AvgIpc) is 2.74. The highest BCUT2D eigenvalue weighted by molar-refractivity contribution is 9.10. The van der Waals surface area contributed by atoms with Crippen molar-refractivity contribution in [3.63, 3.8) is 0 Å². The van der Waals surface area contributed by atoms with E-state index >= 15 is 0 Å². The van der Waals surface area contributed by atoms with Crippen LogP contribution in [0.15, 0.2) is 41.1 Å². The summed E-state index contributed by atoms with van der Waals surface area (Å²) in [6.45, 7) is 0.274. The van der Waals surface area contributed by atoms with Crippen LogP contribution in [0.5, 0.6) is 0 Å². The second kappa shape index (κ2) is 5.03. The Kier molecular flexibility index (Phi) is 3.46. The molecule has 0 spiro atoms. The molecule has 82 valence electrons. The molecule has 0 amide bonds. The van der Waals surface area contributed by atoms with E-state index in [1.54, 1.807) is 12.4 Å². The number of benzene rings is 1. The van der Waals surface area contributed by atoms with Gasteiger partial charge < -0.3 is 0 Å². The van der Waals surface area contributed by atoms with Gasteiger partial charge in [0.05, 0.1) is 6.20 Å². The molecule has 0 aliphatic carbocycles. The lowest BCUT2D eigenvalue weighted by Gasteiger charge is -2.01. The van der Waals surface area contributed by atoms with Gasteiger partial charge in [0.15, 0.2) is 5.78 Å². The average molecular weight is 280 g/mol. The lowest BCUT2D eigenvalue weighted by Crippen LogP contribution is -2.13. The van der Waals surface area contributed by atoms with Gasteiger partial charge in [-0.2, -0.15) is 0 Å². The third-order valence-corrected chi connectivity index (χ3v) is 2.65. The van der Waals surface area contributed by atoms with Gasteiger partial charge in [-0.1, -0.05) is 33.3 Å². The predicted molar refractivity (Wildman–Crippen MR) is 62.9 cm³/mol. The van der Waals surface area contributed by atoms with E-state index in [1.807, 2.05) is 24.3 Å². The number of ketones is 1. The molecule has 2 rings (SSSR count). The molecule has 0 aliphatic heterocycles. The van der Waals surface area contributed by atoms with Crippen LogP contribution in [0.2, 0.25) is 0 Å². The molecule has 2 aromatic rings. The highest BCUT2D eigenvalue weighted by Crippen LogP contribution is 2.11. The minimum Gasteiger partial charge on any atom is -0.297 e. The summed E-state index contributed by atoms with van der Waals surface area (Å²) in [7, 11) is 0. The van der Waals surface area contributed by atoms with E-state index in [1.165, 1.54) is 4.68 Å². The zero-order chi connectivity index (χ0) is 11.4. The largest absolute Gasteiger partial charge is 0.297 e. The Morgan fingerprint density at radius 2 is 2.06 bits per heavy atom. The van der Waals surface area contributed by atoms with Crippen LogP contribution in [0.3, 0.4) is 0 Å². The maximum Gasteiger partial charge on any atom is 0.158 e. The summed E-state index contributed by atoms with van der Waals surface area (Å²) in [4.78, 5) is 11.7. The second-order valence-corrected chi connectivity index (χ2v) is 4.36. The molecule has 0 atom stereocenters. The molecule has 0 aliphatic rings. The van der Waals surface area contributed by atoms with Crippen LogP contribution in [0, 0.1) is 0 Å². The van der Waals surface area contributed by atoms with E-state index in [-0.39, 0.29) is 12.3 Å². The van der Waals surface area contributed by atoms with E-state index in [2.05, 4.69) is 26.2 Å². The zero-order valence-corrected chi connectivity index (χ0v) is 10.1. The molecule has 0 unspecified atom stereocenters. The van der Waals surface area contributed by atoms with Gasteiger partial charge in [0, 0.05) is 17.1 Å². The number of Topliss-reactive ketones (excluding diaryl/α,β-unsaturated/α-hetero) is 1. The Labute approximate surface area is 101 Å². The molecule has 16 heavy (non-hydrogen) atoms. The highest BCUT2D eigenvalue weighted by Gasteiger charge is 2.05. The number of hydrogen-bond acceptors (Lipinski definition) is 3. The van der Waals surface area contributed by atoms with Crippen LogP contribution < -0.4 is 0 Å². The molecule has 1 heterocycles. The fourth-order valence-electron chi connectivity index (χ4n) is 1.38. The van der Waals surface area contributed by atoms with Crippen LogP contribution in [0.1, 0.15) is 5.56 Å². The van der Waals surface area contributed by atoms with Crippen molar-refractivity contribution in [2.45, 2.75) is 13.0 Å². The molecule has 0 saturated heterocycles. The number of halogens is 1. The van der Waals surface area contributed by atoms with Crippen molar-refractivity contribution in [2.75, 3.05) is 0 Å². The summed E-state index contributed by atoms with van der Waals surface area (Å²) in [5, 5.41) is 7.40. The van der Waals surface area contributed by atoms with Crippen LogP contribution in [0.4, 0.5) is 0 Å². The number of rotatable bonds is 4. The number of carbonyl (C=O) groups is 1. The van der Waals surface area contributed by atoms with Gasteiger partial charge >= 0.3 is 0 Å². The second-order valence-electron chi connectivity index (χ2n) is 3.44. The van der Waals surface area contributed by atoms with Crippen LogP contribution in [-0.4, -0.2) is 20.8 Å². The molecular formula is C11H10BrN3O. The van der Waals surface area contributed by atoms with Gasteiger partial charge in [0.25, 0.3) is 0 Å². The summed E-state index contributed by atoms with van der Waals surface area (Å²) in [5.74, 6) is 0.118. The molecular weight excluding hydrogens is 270 g/mol. The first-order valence-corrected chi connectivity index (χ1v) is 5.63. The number of nitrogens with zero attached hydrogens (tertiary/aromatic N) is 3. The standard InChI is InChI=1S/C11H10BrN3O/c12-10-3-1-9(2-4-10)7-11(16)8-15-6-5-13-14-15/h1-6H,7-8H2. The third kappa shape index (κ3) is 3.00. The lowest BCUT2D eigenvalue weighted by atomic mass is 10.1. The first-order chi connectivity index (χ1) is 7.74. The number of carbonyl (C=O) groups excluding carboxylic acids is 1. The molecule has 1 aromatic heterocycles. The van der Waals surface area contributed by atoms with Crippen molar-refractivity contribution >= 4 is 21.7 Å². The van der Waals surface area contributed by atoms with Gasteiger partial charge in [0.1, 0.15) is 6.54 Å². The van der Waals surface area contributed by atoms with Gasteiger partial charge in [-0.3, -0.25) is 4.79 Å². The Morgan fingerprint density at radius 3 is 2.69 bits per heavy atom. The van der Waals surface area contributed by atoms with Crippen LogP contribution in [0.25, 0.3) is 0 Å². The summed E-state index contributed by atoms with van der Waals surface area (Å²) in [6.07, 6.45) is 3.67. The maximum atomic E-state index is 11.7. The summed E-state index contributed by atoms with van der Waals surface area (Å²) >= 11 is 3.35. The van der Waals surface area contributed by atoms with Crippen molar-refractivity contribution in [3.8, 4) is 0 Å². The van der Waals surface area contributed by atoms with Crippen LogP contribution in [-0.2, 0) is 17.8 Å². The minimum atomic E-state index is 0.118. The van der Waals surface area contributed by atoms with Crippen molar-refractivity contribution < 1.29 is 4.79 Å². The van der Waals surface area contributed by atoms with E-state index < -0.39 is 0 Å². The van der Waals surface area contributed by atoms with Gasteiger partial charge in [-0.15, -0.1) is 5.10 Å².